The van der Waals surface area contributed by atoms with Crippen molar-refractivity contribution in [3.05, 3.63) is 0 Å². The number of amides is 3. The van der Waals surface area contributed by atoms with E-state index in [1.807, 2.05) is 0 Å². The van der Waals surface area contributed by atoms with E-state index in [2.05, 4.69) is 11.4 Å². The molecular weight excluding hydrogens is 280 g/mol. The molecule has 1 saturated carbocycles. The van der Waals surface area contributed by atoms with E-state index in [0.29, 0.717) is 38.3 Å². The quantitative estimate of drug-likeness (QED) is 0.829. The zero-order chi connectivity index (χ0) is 16.0. The molecule has 22 heavy (non-hydrogen) atoms. The summed E-state index contributed by atoms with van der Waals surface area (Å²) >= 11 is 0. The summed E-state index contributed by atoms with van der Waals surface area (Å²) in [6.45, 7) is 0.845. The van der Waals surface area contributed by atoms with Crippen LogP contribution in [-0.4, -0.2) is 35.5 Å². The lowest BCUT2D eigenvalue weighted by Gasteiger charge is -2.37. The fourth-order valence-corrected chi connectivity index (χ4v) is 3.51. The molecule has 1 heterocycles. The van der Waals surface area contributed by atoms with Crippen molar-refractivity contribution in [2.45, 2.75) is 63.3 Å². The lowest BCUT2D eigenvalue weighted by Crippen LogP contribution is -2.56. The summed E-state index contributed by atoms with van der Waals surface area (Å²) in [6.07, 6.45) is 8.62. The van der Waals surface area contributed by atoms with Crippen LogP contribution in [-0.2, 0) is 4.79 Å². The number of urea groups is 1. The SMILES string of the molecule is N#CC1(NC(=O)CCC2CCCCC2)CCN(C(N)=O)CC1. The fourth-order valence-electron chi connectivity index (χ4n) is 3.51. The fraction of sp³-hybridized carbons (Fsp3) is 0.812. The lowest BCUT2D eigenvalue weighted by atomic mass is 9.85. The highest BCUT2D eigenvalue weighted by Crippen LogP contribution is 2.27. The van der Waals surface area contributed by atoms with Crippen molar-refractivity contribution in [3.8, 4) is 6.07 Å². The standard InChI is InChI=1S/C16H26N4O2/c17-12-16(8-10-20(11-9-16)15(18)22)19-14(21)7-6-13-4-2-1-3-5-13/h13H,1-11H2,(H2,18,22)(H,19,21). The van der Waals surface area contributed by atoms with Crippen LogP contribution in [0.2, 0.25) is 0 Å². The van der Waals surface area contributed by atoms with E-state index < -0.39 is 11.6 Å². The molecule has 3 amide bonds. The van der Waals surface area contributed by atoms with Crippen LogP contribution < -0.4 is 11.1 Å². The number of rotatable bonds is 4. The molecule has 6 heteroatoms. The summed E-state index contributed by atoms with van der Waals surface area (Å²) in [7, 11) is 0. The number of nitrogens with two attached hydrogens (primary N) is 1. The van der Waals surface area contributed by atoms with Crippen molar-refractivity contribution in [2.75, 3.05) is 13.1 Å². The van der Waals surface area contributed by atoms with Gasteiger partial charge in [-0.3, -0.25) is 4.79 Å². The molecular formula is C16H26N4O2. The first-order chi connectivity index (χ1) is 10.5. The topological polar surface area (TPSA) is 99.2 Å². The lowest BCUT2D eigenvalue weighted by molar-refractivity contribution is -0.123. The van der Waals surface area contributed by atoms with Crippen molar-refractivity contribution in [2.24, 2.45) is 11.7 Å². The number of nitriles is 1. The van der Waals surface area contributed by atoms with E-state index in [1.165, 1.54) is 37.0 Å². The Bertz CT molecular complexity index is 444. The van der Waals surface area contributed by atoms with Crippen LogP contribution in [0.3, 0.4) is 0 Å². The Labute approximate surface area is 132 Å². The molecule has 1 saturated heterocycles. The molecule has 0 unspecified atom stereocenters. The number of hydrogen-bond acceptors (Lipinski definition) is 3. The number of nitrogens with zero attached hydrogens (tertiary/aromatic N) is 2. The van der Waals surface area contributed by atoms with Crippen LogP contribution in [0, 0.1) is 17.2 Å². The van der Waals surface area contributed by atoms with Gasteiger partial charge in [-0.05, 0) is 12.3 Å². The summed E-state index contributed by atoms with van der Waals surface area (Å²) in [5, 5.41) is 12.3. The van der Waals surface area contributed by atoms with Gasteiger partial charge in [0.05, 0.1) is 6.07 Å². The minimum atomic E-state index is -0.838. The Balaban J connectivity index is 1.78. The maximum Gasteiger partial charge on any atom is 0.314 e. The first-order valence-electron chi connectivity index (χ1n) is 8.31. The van der Waals surface area contributed by atoms with Gasteiger partial charge in [0, 0.05) is 32.4 Å². The van der Waals surface area contributed by atoms with Crippen molar-refractivity contribution >= 4 is 11.9 Å². The first kappa shape index (κ1) is 16.6. The van der Waals surface area contributed by atoms with Crippen molar-refractivity contribution in [1.82, 2.24) is 10.2 Å². The number of carbonyl (C=O) groups excluding carboxylic acids is 2. The highest BCUT2D eigenvalue weighted by molar-refractivity contribution is 5.77. The zero-order valence-electron chi connectivity index (χ0n) is 13.1. The summed E-state index contributed by atoms with van der Waals surface area (Å²) in [5.74, 6) is 0.619. The normalized spacial score (nSPS) is 21.9. The van der Waals surface area contributed by atoms with E-state index in [9.17, 15) is 14.9 Å². The maximum atomic E-state index is 12.2. The van der Waals surface area contributed by atoms with Crippen LogP contribution in [0.4, 0.5) is 4.79 Å². The van der Waals surface area contributed by atoms with Crippen molar-refractivity contribution < 1.29 is 9.59 Å². The predicted octanol–water partition coefficient (Wildman–Crippen LogP) is 1.90. The Morgan fingerprint density at radius 3 is 2.41 bits per heavy atom. The van der Waals surface area contributed by atoms with Gasteiger partial charge >= 0.3 is 6.03 Å². The van der Waals surface area contributed by atoms with E-state index >= 15 is 0 Å². The number of carbonyl (C=O) groups is 2. The summed E-state index contributed by atoms with van der Waals surface area (Å²) < 4.78 is 0. The molecule has 0 spiro atoms. The number of primary amides is 1. The average molecular weight is 306 g/mol. The van der Waals surface area contributed by atoms with Crippen LogP contribution in [0.5, 0.6) is 0 Å². The molecule has 2 fully saturated rings. The van der Waals surface area contributed by atoms with Crippen LogP contribution in [0.1, 0.15) is 57.8 Å². The third-order valence-electron chi connectivity index (χ3n) is 5.03. The van der Waals surface area contributed by atoms with Gasteiger partial charge in [-0.2, -0.15) is 5.26 Å². The van der Waals surface area contributed by atoms with Gasteiger partial charge in [-0.15, -0.1) is 0 Å². The molecule has 2 rings (SSSR count). The second-order valence-electron chi connectivity index (χ2n) is 6.61. The van der Waals surface area contributed by atoms with Gasteiger partial charge in [0.2, 0.25) is 5.91 Å². The Hall–Kier alpha value is -1.77. The Morgan fingerprint density at radius 1 is 1.23 bits per heavy atom. The number of piperidine rings is 1. The van der Waals surface area contributed by atoms with Gasteiger partial charge < -0.3 is 16.0 Å². The molecule has 3 N–H and O–H groups in total. The minimum Gasteiger partial charge on any atom is -0.351 e. The second-order valence-corrected chi connectivity index (χ2v) is 6.61. The summed E-state index contributed by atoms with van der Waals surface area (Å²) in [5.41, 5.74) is 4.41. The first-order valence-corrected chi connectivity index (χ1v) is 8.31. The van der Waals surface area contributed by atoms with Crippen LogP contribution in [0.15, 0.2) is 0 Å². The monoisotopic (exact) mass is 306 g/mol. The molecule has 0 atom stereocenters. The second kappa shape index (κ2) is 7.48. The van der Waals surface area contributed by atoms with Crippen LogP contribution >= 0.6 is 0 Å². The minimum absolute atomic E-state index is 0.0420. The summed E-state index contributed by atoms with van der Waals surface area (Å²) in [4.78, 5) is 24.8. The zero-order valence-corrected chi connectivity index (χ0v) is 13.1. The van der Waals surface area contributed by atoms with Crippen LogP contribution in [0.25, 0.3) is 0 Å². The largest absolute Gasteiger partial charge is 0.351 e. The average Bonchev–Trinajstić information content (AvgIpc) is 2.54. The smallest absolute Gasteiger partial charge is 0.314 e. The summed E-state index contributed by atoms with van der Waals surface area (Å²) in [6, 6.07) is 1.77. The number of likely N-dealkylation sites (tertiary alicyclic amines) is 1. The predicted molar refractivity (Wildman–Crippen MR) is 82.7 cm³/mol. The van der Waals surface area contributed by atoms with Crippen molar-refractivity contribution in [1.29, 1.82) is 5.26 Å². The molecule has 0 bridgehead atoms. The molecule has 0 aromatic heterocycles. The molecule has 1 aliphatic heterocycles. The highest BCUT2D eigenvalue weighted by atomic mass is 16.2. The van der Waals surface area contributed by atoms with Gasteiger partial charge in [0.15, 0.2) is 0 Å². The molecule has 0 radical (unpaired) electrons. The van der Waals surface area contributed by atoms with Crippen molar-refractivity contribution in [3.63, 3.8) is 0 Å². The third kappa shape index (κ3) is 4.36. The van der Waals surface area contributed by atoms with E-state index in [-0.39, 0.29) is 5.91 Å². The molecule has 1 aliphatic carbocycles. The number of hydrogen-bond donors (Lipinski definition) is 2. The highest BCUT2D eigenvalue weighted by Gasteiger charge is 2.37. The van der Waals surface area contributed by atoms with Gasteiger partial charge in [-0.1, -0.05) is 32.1 Å². The van der Waals surface area contributed by atoms with E-state index in [0.717, 1.165) is 6.42 Å². The van der Waals surface area contributed by atoms with Gasteiger partial charge in [0.25, 0.3) is 0 Å². The molecule has 2 aliphatic rings. The Morgan fingerprint density at radius 2 is 1.86 bits per heavy atom. The third-order valence-corrected chi connectivity index (χ3v) is 5.03. The molecule has 122 valence electrons. The maximum absolute atomic E-state index is 12.2. The molecule has 6 nitrogen and oxygen atoms in total. The van der Waals surface area contributed by atoms with E-state index in [1.54, 1.807) is 0 Å². The van der Waals surface area contributed by atoms with E-state index in [4.69, 9.17) is 5.73 Å². The van der Waals surface area contributed by atoms with Gasteiger partial charge in [-0.25, -0.2) is 4.79 Å². The Kier molecular flexibility index (Phi) is 5.64. The molecule has 0 aromatic carbocycles. The molecule has 0 aromatic rings. The van der Waals surface area contributed by atoms with Gasteiger partial charge in [0.1, 0.15) is 5.54 Å². The number of nitrogens with one attached hydrogen (secondary N) is 1.